The van der Waals surface area contributed by atoms with Crippen molar-refractivity contribution in [3.05, 3.63) is 12.2 Å². The second kappa shape index (κ2) is 10.1. The summed E-state index contributed by atoms with van der Waals surface area (Å²) < 4.78 is 17.2. The summed E-state index contributed by atoms with van der Waals surface area (Å²) in [5.74, 6) is 1.39. The summed E-state index contributed by atoms with van der Waals surface area (Å²) in [6.07, 6.45) is 9.86. The van der Waals surface area contributed by atoms with Gasteiger partial charge >= 0.3 is 17.9 Å². The number of carbonyl (C=O) groups is 3. The third-order valence-electron chi connectivity index (χ3n) is 14.3. The average molecular weight is 571 g/mol. The van der Waals surface area contributed by atoms with Crippen LogP contribution in [0.25, 0.3) is 0 Å². The average Bonchev–Trinajstić information content (AvgIpc) is 3.30. The van der Waals surface area contributed by atoms with Gasteiger partial charge in [0.25, 0.3) is 0 Å². The zero-order valence-electron chi connectivity index (χ0n) is 26.9. The van der Waals surface area contributed by atoms with Crippen molar-refractivity contribution in [2.75, 3.05) is 13.7 Å². The Balaban J connectivity index is 1.53. The van der Waals surface area contributed by atoms with Gasteiger partial charge in [-0.3, -0.25) is 14.4 Å². The molecule has 5 saturated carbocycles. The van der Waals surface area contributed by atoms with E-state index in [4.69, 9.17) is 14.2 Å². The lowest BCUT2D eigenvalue weighted by Crippen LogP contribution is -2.68. The highest BCUT2D eigenvalue weighted by atomic mass is 16.6. The van der Waals surface area contributed by atoms with Crippen LogP contribution in [-0.4, -0.2) is 37.7 Å². The maximum absolute atomic E-state index is 13.5. The molecule has 0 aliphatic heterocycles. The molecule has 0 aromatic rings. The van der Waals surface area contributed by atoms with Gasteiger partial charge in [0, 0.05) is 19.3 Å². The molecule has 11 atom stereocenters. The first-order valence-corrected chi connectivity index (χ1v) is 16.1. The maximum Gasteiger partial charge on any atom is 0.312 e. The van der Waals surface area contributed by atoms with Gasteiger partial charge in [0.05, 0.1) is 12.5 Å². The molecule has 41 heavy (non-hydrogen) atoms. The van der Waals surface area contributed by atoms with E-state index >= 15 is 0 Å². The van der Waals surface area contributed by atoms with Crippen LogP contribution < -0.4 is 0 Å². The highest BCUT2D eigenvalue weighted by Gasteiger charge is 2.72. The summed E-state index contributed by atoms with van der Waals surface area (Å²) in [5.41, 5.74) is 0.709. The minimum Gasteiger partial charge on any atom is -0.469 e. The zero-order valence-corrected chi connectivity index (χ0v) is 26.9. The van der Waals surface area contributed by atoms with Crippen LogP contribution in [0.2, 0.25) is 0 Å². The third-order valence-corrected chi connectivity index (χ3v) is 14.3. The molecule has 230 valence electrons. The molecule has 0 N–H and O–H groups in total. The Hall–Kier alpha value is -1.85. The highest BCUT2D eigenvalue weighted by Crippen LogP contribution is 2.77. The summed E-state index contributed by atoms with van der Waals surface area (Å²) >= 11 is 0. The van der Waals surface area contributed by atoms with Crippen LogP contribution >= 0.6 is 0 Å². The normalized spacial score (nSPS) is 48.5. The summed E-state index contributed by atoms with van der Waals surface area (Å²) in [6, 6.07) is 0. The number of fused-ring (bicyclic) bond motifs is 7. The van der Waals surface area contributed by atoms with E-state index in [0.717, 1.165) is 64.2 Å². The molecule has 0 radical (unpaired) electrons. The van der Waals surface area contributed by atoms with E-state index in [1.54, 1.807) is 7.11 Å². The predicted octanol–water partition coefficient (Wildman–Crippen LogP) is 7.29. The Morgan fingerprint density at radius 3 is 2.10 bits per heavy atom. The summed E-state index contributed by atoms with van der Waals surface area (Å²) in [4.78, 5) is 37.6. The van der Waals surface area contributed by atoms with Crippen molar-refractivity contribution < 1.29 is 28.6 Å². The third kappa shape index (κ3) is 4.18. The number of hydrogen-bond acceptors (Lipinski definition) is 6. The summed E-state index contributed by atoms with van der Waals surface area (Å²) in [6.45, 7) is 19.6. The van der Waals surface area contributed by atoms with Crippen LogP contribution in [0.4, 0.5) is 0 Å². The van der Waals surface area contributed by atoms with Crippen LogP contribution in [0.3, 0.4) is 0 Å². The topological polar surface area (TPSA) is 78.9 Å². The Morgan fingerprint density at radius 1 is 0.780 bits per heavy atom. The molecule has 0 bridgehead atoms. The molecule has 5 rings (SSSR count). The smallest absolute Gasteiger partial charge is 0.312 e. The molecule has 6 heteroatoms. The second-order valence-corrected chi connectivity index (χ2v) is 15.8. The number of esters is 3. The van der Waals surface area contributed by atoms with E-state index in [-0.39, 0.29) is 58.2 Å². The molecule has 5 aliphatic rings. The van der Waals surface area contributed by atoms with Gasteiger partial charge in [-0.1, -0.05) is 39.8 Å². The number of allylic oxidation sites excluding steroid dienone is 1. The fraction of sp³-hybridized carbons (Fsp3) is 0.857. The predicted molar refractivity (Wildman–Crippen MR) is 157 cm³/mol. The van der Waals surface area contributed by atoms with Gasteiger partial charge in [-0.05, 0) is 117 Å². The van der Waals surface area contributed by atoms with E-state index in [9.17, 15) is 14.4 Å². The number of hydrogen-bond donors (Lipinski definition) is 0. The van der Waals surface area contributed by atoms with E-state index in [1.807, 2.05) is 0 Å². The monoisotopic (exact) mass is 570 g/mol. The Kier molecular flexibility index (Phi) is 7.55. The van der Waals surface area contributed by atoms with Crippen molar-refractivity contribution >= 4 is 17.9 Å². The first-order valence-electron chi connectivity index (χ1n) is 16.1. The lowest BCUT2D eigenvalue weighted by Gasteiger charge is -2.72. The van der Waals surface area contributed by atoms with Crippen molar-refractivity contribution in [2.24, 2.45) is 56.7 Å². The van der Waals surface area contributed by atoms with Crippen molar-refractivity contribution in [1.82, 2.24) is 0 Å². The van der Waals surface area contributed by atoms with Crippen LogP contribution in [0.5, 0.6) is 0 Å². The highest BCUT2D eigenvalue weighted by molar-refractivity contribution is 5.78. The second-order valence-electron chi connectivity index (χ2n) is 15.8. The van der Waals surface area contributed by atoms with Crippen LogP contribution in [0.15, 0.2) is 12.2 Å². The largest absolute Gasteiger partial charge is 0.469 e. The van der Waals surface area contributed by atoms with E-state index < -0.39 is 5.41 Å². The fourth-order valence-corrected chi connectivity index (χ4v) is 12.3. The molecular formula is C35H54O6. The van der Waals surface area contributed by atoms with E-state index in [0.29, 0.717) is 23.7 Å². The Morgan fingerprint density at radius 2 is 1.49 bits per heavy atom. The lowest BCUT2D eigenvalue weighted by atomic mass is 9.32. The van der Waals surface area contributed by atoms with Crippen molar-refractivity contribution in [3.8, 4) is 0 Å². The molecule has 0 amide bonds. The van der Waals surface area contributed by atoms with Gasteiger partial charge < -0.3 is 14.2 Å². The maximum atomic E-state index is 13.5. The number of methoxy groups -OCH3 is 1. The van der Waals surface area contributed by atoms with Crippen molar-refractivity contribution in [3.63, 3.8) is 0 Å². The lowest BCUT2D eigenvalue weighted by molar-refractivity contribution is -0.257. The number of rotatable bonds is 5. The van der Waals surface area contributed by atoms with Gasteiger partial charge in [0.1, 0.15) is 12.7 Å². The first kappa shape index (κ1) is 30.6. The van der Waals surface area contributed by atoms with Gasteiger partial charge in [-0.15, -0.1) is 0 Å². The van der Waals surface area contributed by atoms with Gasteiger partial charge in [-0.2, -0.15) is 0 Å². The molecule has 6 nitrogen and oxygen atoms in total. The fourth-order valence-electron chi connectivity index (χ4n) is 12.3. The number of ether oxygens (including phenoxy) is 3. The Bertz CT molecular complexity index is 1110. The molecule has 0 saturated heterocycles. The van der Waals surface area contributed by atoms with Gasteiger partial charge in [-0.25, -0.2) is 0 Å². The molecule has 0 aromatic heterocycles. The van der Waals surface area contributed by atoms with E-state index in [2.05, 4.69) is 41.2 Å². The minimum absolute atomic E-state index is 0.00118. The van der Waals surface area contributed by atoms with Crippen LogP contribution in [0, 0.1) is 56.7 Å². The molecular weight excluding hydrogens is 516 g/mol. The minimum atomic E-state index is -0.424. The van der Waals surface area contributed by atoms with Crippen LogP contribution in [0.1, 0.15) is 113 Å². The standard InChI is InChI=1S/C35H54O6/c1-21(2)24-12-17-35(30(38)39-9)19-18-33(7)25(29(24)35)10-11-27-31(5)15-14-28(41-23(4)37)32(6,20-40-22(3)36)26(31)13-16-34(27,33)8/h24-29H,1,10-20H2,2-9H3/t24-,25?,26+,27+,28?,29+,31-,32-,33+,34+,35-/m0/s1. The quantitative estimate of drug-likeness (QED) is 0.196. The molecule has 5 fully saturated rings. The number of carbonyl (C=O) groups excluding carboxylic acids is 3. The summed E-state index contributed by atoms with van der Waals surface area (Å²) in [5, 5.41) is 0. The SMILES string of the molecule is C=C(C)[C@@H]1CC[C@]2(C(=O)OC)CC[C@]3(C)C(CC[C@@H]4[C@@]5(C)CCC(OC(C)=O)[C@@](C)(COC(C)=O)[C@@H]5CC[C@]43C)[C@@H]12. The Labute approximate surface area is 247 Å². The van der Waals surface area contributed by atoms with Gasteiger partial charge in [0.15, 0.2) is 0 Å². The van der Waals surface area contributed by atoms with Crippen LogP contribution in [-0.2, 0) is 28.6 Å². The first-order chi connectivity index (χ1) is 19.1. The van der Waals surface area contributed by atoms with Gasteiger partial charge in [0.2, 0.25) is 0 Å². The van der Waals surface area contributed by atoms with E-state index in [1.165, 1.54) is 19.4 Å². The molecule has 0 heterocycles. The molecule has 0 spiro atoms. The van der Waals surface area contributed by atoms with Crippen molar-refractivity contribution in [1.29, 1.82) is 0 Å². The molecule has 2 unspecified atom stereocenters. The molecule has 5 aliphatic carbocycles. The summed E-state index contributed by atoms with van der Waals surface area (Å²) in [7, 11) is 1.56. The molecule has 0 aromatic carbocycles. The zero-order chi connectivity index (χ0) is 30.2. The van der Waals surface area contributed by atoms with Crippen molar-refractivity contribution in [2.45, 2.75) is 119 Å².